The number of nitro groups is 1. The minimum atomic E-state index is -3.03. The van der Waals surface area contributed by atoms with Gasteiger partial charge in [-0.2, -0.15) is 8.78 Å². The highest BCUT2D eigenvalue weighted by Gasteiger charge is 2.37. The predicted molar refractivity (Wildman–Crippen MR) is 112 cm³/mol. The lowest BCUT2D eigenvalue weighted by molar-refractivity contribution is -0.383. The fourth-order valence-electron chi connectivity index (χ4n) is 3.50. The van der Waals surface area contributed by atoms with Crippen LogP contribution in [0.5, 0.6) is 5.75 Å². The van der Waals surface area contributed by atoms with Crippen LogP contribution in [0.3, 0.4) is 0 Å². The van der Waals surface area contributed by atoms with Crippen molar-refractivity contribution in [1.29, 1.82) is 0 Å². The van der Waals surface area contributed by atoms with Crippen LogP contribution in [0.1, 0.15) is 18.4 Å². The first kappa shape index (κ1) is 23.6. The van der Waals surface area contributed by atoms with E-state index in [2.05, 4.69) is 25.3 Å². The van der Waals surface area contributed by atoms with Gasteiger partial charge in [-0.15, -0.1) is 0 Å². The lowest BCUT2D eigenvalue weighted by atomic mass is 10.2. The number of hydrogen-bond acceptors (Lipinski definition) is 9. The van der Waals surface area contributed by atoms with Gasteiger partial charge >= 0.3 is 12.3 Å². The molecule has 0 radical (unpaired) electrons. The van der Waals surface area contributed by atoms with Gasteiger partial charge in [0.15, 0.2) is 0 Å². The van der Waals surface area contributed by atoms with Crippen LogP contribution in [0.25, 0.3) is 0 Å². The molecule has 2 amide bonds. The normalized spacial score (nSPS) is 15.4. The van der Waals surface area contributed by atoms with Crippen LogP contribution < -0.4 is 26.0 Å². The quantitative estimate of drug-likeness (QED) is 0.345. The number of primary amides is 1. The number of ether oxygens (including phenoxy) is 1. The number of benzene rings is 1. The largest absolute Gasteiger partial charge is 0.434 e. The van der Waals surface area contributed by atoms with Crippen molar-refractivity contribution in [1.82, 2.24) is 15.3 Å². The first-order valence-corrected chi connectivity index (χ1v) is 9.86. The summed E-state index contributed by atoms with van der Waals surface area (Å²) >= 11 is 0. The molecule has 0 bridgehead atoms. The Morgan fingerprint density at radius 1 is 1.33 bits per heavy atom. The van der Waals surface area contributed by atoms with Gasteiger partial charge < -0.3 is 26.0 Å². The zero-order valence-corrected chi connectivity index (χ0v) is 17.2. The zero-order chi connectivity index (χ0) is 24.0. The molecule has 14 heteroatoms. The van der Waals surface area contributed by atoms with Crippen LogP contribution in [-0.4, -0.2) is 52.4 Å². The maximum absolute atomic E-state index is 12.6. The van der Waals surface area contributed by atoms with Crippen LogP contribution in [0.4, 0.5) is 26.1 Å². The van der Waals surface area contributed by atoms with Gasteiger partial charge in [-0.25, -0.2) is 9.97 Å². The summed E-state index contributed by atoms with van der Waals surface area (Å²) in [4.78, 5) is 44.0. The lowest BCUT2D eigenvalue weighted by Gasteiger charge is -2.24. The summed E-state index contributed by atoms with van der Waals surface area (Å²) in [7, 11) is 0. The molecule has 1 aromatic carbocycles. The van der Waals surface area contributed by atoms with E-state index in [4.69, 9.17) is 5.73 Å². The second kappa shape index (κ2) is 10.5. The summed E-state index contributed by atoms with van der Waals surface area (Å²) in [6.45, 7) is -3.17. The molecule has 1 unspecified atom stereocenters. The summed E-state index contributed by atoms with van der Waals surface area (Å²) in [6.07, 6.45) is 2.06. The van der Waals surface area contributed by atoms with E-state index in [-0.39, 0.29) is 30.5 Å². The Morgan fingerprint density at radius 2 is 2.09 bits per heavy atom. The number of para-hydroxylation sites is 1. The number of rotatable bonds is 10. The molecule has 1 saturated heterocycles. The van der Waals surface area contributed by atoms with Crippen molar-refractivity contribution in [3.05, 3.63) is 46.3 Å². The number of nitrogens with one attached hydrogen (secondary N) is 2. The molecule has 1 aromatic heterocycles. The monoisotopic (exact) mass is 465 g/mol. The van der Waals surface area contributed by atoms with E-state index in [1.165, 1.54) is 23.1 Å². The molecular formula is C19H21F2N7O5. The van der Waals surface area contributed by atoms with Crippen molar-refractivity contribution in [2.24, 2.45) is 5.73 Å². The zero-order valence-electron chi connectivity index (χ0n) is 17.2. The molecule has 0 saturated carbocycles. The Morgan fingerprint density at radius 3 is 2.79 bits per heavy atom. The van der Waals surface area contributed by atoms with E-state index >= 15 is 0 Å². The van der Waals surface area contributed by atoms with Crippen molar-refractivity contribution < 1.29 is 28.0 Å². The van der Waals surface area contributed by atoms with Gasteiger partial charge in [0.2, 0.25) is 23.5 Å². The maximum Gasteiger partial charge on any atom is 0.387 e. The van der Waals surface area contributed by atoms with Gasteiger partial charge in [-0.05, 0) is 18.9 Å². The Kier molecular flexibility index (Phi) is 7.48. The van der Waals surface area contributed by atoms with E-state index in [0.29, 0.717) is 24.9 Å². The molecule has 4 N–H and O–H groups in total. The molecule has 0 aliphatic carbocycles. The van der Waals surface area contributed by atoms with Crippen LogP contribution in [0, 0.1) is 10.1 Å². The minimum Gasteiger partial charge on any atom is -0.434 e. The molecule has 1 aliphatic heterocycles. The third-order valence-corrected chi connectivity index (χ3v) is 4.88. The average Bonchev–Trinajstić information content (AvgIpc) is 3.26. The number of nitrogens with two attached hydrogens (primary N) is 1. The van der Waals surface area contributed by atoms with Gasteiger partial charge in [-0.3, -0.25) is 19.7 Å². The molecule has 1 aliphatic rings. The Balaban J connectivity index is 1.85. The molecule has 3 rings (SSSR count). The van der Waals surface area contributed by atoms with Crippen LogP contribution in [0.2, 0.25) is 0 Å². The third-order valence-electron chi connectivity index (χ3n) is 4.88. The highest BCUT2D eigenvalue weighted by molar-refractivity contribution is 5.90. The standard InChI is InChI=1S/C19H21F2N7O5/c20-19(21)33-13-6-2-1-4-11(13)8-23-16-15(28(31)32)17(26-10-25-16)27-7-3-5-12(27)18(30)24-9-14(22)29/h1-2,4,6,10,12,19H,3,5,7-9H2,(H2,22,29)(H,24,30)(H,23,25,26). The number of carbonyl (C=O) groups excluding carboxylic acids is 2. The van der Waals surface area contributed by atoms with Crippen LogP contribution in [0.15, 0.2) is 30.6 Å². The summed E-state index contributed by atoms with van der Waals surface area (Å²) in [6, 6.07) is 5.21. The molecule has 2 aromatic rings. The van der Waals surface area contributed by atoms with Crippen LogP contribution >= 0.6 is 0 Å². The first-order chi connectivity index (χ1) is 15.8. The smallest absolute Gasteiger partial charge is 0.387 e. The first-order valence-electron chi connectivity index (χ1n) is 9.86. The number of aromatic nitrogens is 2. The SMILES string of the molecule is NC(=O)CNC(=O)C1CCCN1c1ncnc(NCc2ccccc2OC(F)F)c1[N+](=O)[O-]. The number of amides is 2. The lowest BCUT2D eigenvalue weighted by Crippen LogP contribution is -2.46. The summed E-state index contributed by atoms with van der Waals surface area (Å²) in [5.41, 5.74) is 4.91. The fourth-order valence-corrected chi connectivity index (χ4v) is 3.50. The van der Waals surface area contributed by atoms with E-state index in [1.807, 2.05) is 0 Å². The second-order valence-corrected chi connectivity index (χ2v) is 7.03. The second-order valence-electron chi connectivity index (χ2n) is 7.03. The summed E-state index contributed by atoms with van der Waals surface area (Å²) < 4.78 is 29.8. The number of hydrogen-bond donors (Lipinski definition) is 3. The van der Waals surface area contributed by atoms with E-state index in [0.717, 1.165) is 6.33 Å². The molecule has 2 heterocycles. The Bertz CT molecular complexity index is 1040. The molecular weight excluding hydrogens is 444 g/mol. The van der Waals surface area contributed by atoms with Gasteiger partial charge in [0.1, 0.15) is 18.1 Å². The highest BCUT2D eigenvalue weighted by atomic mass is 19.3. The number of carbonyl (C=O) groups is 2. The van der Waals surface area contributed by atoms with Crippen molar-refractivity contribution >= 4 is 29.1 Å². The topological polar surface area (TPSA) is 166 Å². The molecule has 33 heavy (non-hydrogen) atoms. The molecule has 12 nitrogen and oxygen atoms in total. The highest BCUT2D eigenvalue weighted by Crippen LogP contribution is 2.36. The third kappa shape index (κ3) is 5.78. The van der Waals surface area contributed by atoms with Crippen molar-refractivity contribution in [3.63, 3.8) is 0 Å². The van der Waals surface area contributed by atoms with Crippen LogP contribution in [-0.2, 0) is 16.1 Å². The Labute approximate surface area is 186 Å². The van der Waals surface area contributed by atoms with Crippen molar-refractivity contribution in [2.45, 2.75) is 32.0 Å². The Hall–Kier alpha value is -4.10. The average molecular weight is 465 g/mol. The number of nitrogens with zero attached hydrogens (tertiary/aromatic N) is 4. The van der Waals surface area contributed by atoms with Gasteiger partial charge in [0.05, 0.1) is 11.5 Å². The number of halogens is 2. The fraction of sp³-hybridized carbons (Fsp3) is 0.368. The predicted octanol–water partition coefficient (Wildman–Crippen LogP) is 1.17. The van der Waals surface area contributed by atoms with Gasteiger partial charge in [-0.1, -0.05) is 18.2 Å². The number of anilines is 2. The van der Waals surface area contributed by atoms with Crippen molar-refractivity contribution in [3.8, 4) is 5.75 Å². The summed E-state index contributed by atoms with van der Waals surface area (Å²) in [5.74, 6) is -1.54. The molecule has 1 fully saturated rings. The minimum absolute atomic E-state index is 0.0775. The molecule has 0 spiro atoms. The maximum atomic E-state index is 12.6. The van der Waals surface area contributed by atoms with Crippen molar-refractivity contribution in [2.75, 3.05) is 23.3 Å². The molecule has 176 valence electrons. The van der Waals surface area contributed by atoms with E-state index < -0.39 is 35.1 Å². The number of alkyl halides is 2. The van der Waals surface area contributed by atoms with Gasteiger partial charge in [0.25, 0.3) is 0 Å². The molecule has 1 atom stereocenters. The van der Waals surface area contributed by atoms with E-state index in [1.54, 1.807) is 6.07 Å². The van der Waals surface area contributed by atoms with E-state index in [9.17, 15) is 28.5 Å². The van der Waals surface area contributed by atoms with Gasteiger partial charge in [0, 0.05) is 18.7 Å². The summed E-state index contributed by atoms with van der Waals surface area (Å²) in [5, 5.41) is 17.1.